The molecule has 0 saturated heterocycles. The van der Waals surface area contributed by atoms with Gasteiger partial charge in [0, 0.05) is 21.6 Å². The van der Waals surface area contributed by atoms with E-state index in [2.05, 4.69) is 38.5 Å². The molecule has 1 unspecified atom stereocenters. The number of para-hydroxylation sites is 1. The molecule has 0 bridgehead atoms. The fraction of sp³-hybridized carbons (Fsp3) is 0.300. The maximum Gasteiger partial charge on any atom is 0.229 e. The first-order valence-corrected chi connectivity index (χ1v) is 10.2. The van der Waals surface area contributed by atoms with Crippen molar-refractivity contribution in [1.82, 2.24) is 9.97 Å². The Morgan fingerprint density at radius 2 is 2.07 bits per heavy atom. The monoisotopic (exact) mass is 448 g/mol. The van der Waals surface area contributed by atoms with Gasteiger partial charge in [-0.3, -0.25) is 0 Å². The summed E-state index contributed by atoms with van der Waals surface area (Å²) in [5, 5.41) is 7.76. The third-order valence-corrected chi connectivity index (χ3v) is 5.74. The van der Waals surface area contributed by atoms with E-state index in [9.17, 15) is 4.39 Å². The van der Waals surface area contributed by atoms with E-state index in [1.54, 1.807) is 6.07 Å². The summed E-state index contributed by atoms with van der Waals surface area (Å²) >= 11 is 9.47. The Labute approximate surface area is 170 Å². The van der Waals surface area contributed by atoms with Crippen LogP contribution in [-0.4, -0.2) is 16.0 Å². The first kappa shape index (κ1) is 18.4. The molecular formula is C20H19BrClFN4. The topological polar surface area (TPSA) is 49.8 Å². The maximum atomic E-state index is 13.4. The van der Waals surface area contributed by atoms with E-state index >= 15 is 0 Å². The van der Waals surface area contributed by atoms with Gasteiger partial charge in [-0.05, 0) is 71.4 Å². The number of aromatic nitrogens is 2. The summed E-state index contributed by atoms with van der Waals surface area (Å²) < 4.78 is 14.3. The quantitative estimate of drug-likeness (QED) is 0.449. The predicted molar refractivity (Wildman–Crippen MR) is 112 cm³/mol. The molecule has 0 amide bonds. The van der Waals surface area contributed by atoms with Crippen LogP contribution in [0.15, 0.2) is 40.9 Å². The van der Waals surface area contributed by atoms with E-state index in [4.69, 9.17) is 16.6 Å². The summed E-state index contributed by atoms with van der Waals surface area (Å²) in [4.78, 5) is 9.33. The molecule has 1 heterocycles. The van der Waals surface area contributed by atoms with Gasteiger partial charge in [0.2, 0.25) is 5.95 Å². The molecule has 1 atom stereocenters. The zero-order valence-corrected chi connectivity index (χ0v) is 17.1. The standard InChI is InChI=1S/C20H19BrClFN4/c1-2-17(11-6-7-11)25-19-13-4-3-5-14(21)18(13)26-20(27-19)24-12-8-9-16(23)15(22)10-12/h3-5,8-11,17H,2,6-7H2,1H3,(H2,24,25,26,27). The number of nitrogens with one attached hydrogen (secondary N) is 2. The Bertz CT molecular complexity index is 993. The van der Waals surface area contributed by atoms with Gasteiger partial charge in [0.1, 0.15) is 11.6 Å². The molecule has 3 aromatic rings. The SMILES string of the molecule is CCC(Nc1nc(Nc2ccc(F)c(Cl)c2)nc2c(Br)cccc12)C1CC1. The van der Waals surface area contributed by atoms with Crippen molar-refractivity contribution in [1.29, 1.82) is 0 Å². The molecule has 1 saturated carbocycles. The van der Waals surface area contributed by atoms with E-state index in [0.717, 1.165) is 27.6 Å². The minimum Gasteiger partial charge on any atom is -0.366 e. The van der Waals surface area contributed by atoms with Crippen LogP contribution in [0.1, 0.15) is 26.2 Å². The lowest BCUT2D eigenvalue weighted by atomic mass is 10.1. The molecule has 0 radical (unpaired) electrons. The molecule has 1 aliphatic rings. The zero-order chi connectivity index (χ0) is 19.0. The summed E-state index contributed by atoms with van der Waals surface area (Å²) in [7, 11) is 0. The fourth-order valence-corrected chi connectivity index (χ4v) is 3.85. The van der Waals surface area contributed by atoms with E-state index < -0.39 is 5.82 Å². The summed E-state index contributed by atoms with van der Waals surface area (Å²) in [5.41, 5.74) is 1.45. The number of rotatable bonds is 6. The Balaban J connectivity index is 1.74. The lowest BCUT2D eigenvalue weighted by Gasteiger charge is -2.19. The normalized spacial score (nSPS) is 15.0. The summed E-state index contributed by atoms with van der Waals surface area (Å²) in [6, 6.07) is 10.8. The predicted octanol–water partition coefficient (Wildman–Crippen LogP) is 6.53. The van der Waals surface area contributed by atoms with Gasteiger partial charge in [-0.15, -0.1) is 0 Å². The Kier molecular flexibility index (Phi) is 5.19. The Morgan fingerprint density at radius 3 is 2.78 bits per heavy atom. The Hall–Kier alpha value is -1.92. The third-order valence-electron chi connectivity index (χ3n) is 4.81. The minimum atomic E-state index is -0.457. The summed E-state index contributed by atoms with van der Waals surface area (Å²) in [5.74, 6) is 1.49. The molecule has 1 aromatic heterocycles. The van der Waals surface area contributed by atoms with Crippen molar-refractivity contribution in [3.63, 3.8) is 0 Å². The van der Waals surface area contributed by atoms with Crippen molar-refractivity contribution >= 4 is 55.9 Å². The molecule has 7 heteroatoms. The van der Waals surface area contributed by atoms with E-state index in [1.165, 1.54) is 25.0 Å². The number of fused-ring (bicyclic) bond motifs is 1. The zero-order valence-electron chi connectivity index (χ0n) is 14.8. The summed E-state index contributed by atoms with van der Waals surface area (Å²) in [6.07, 6.45) is 3.56. The van der Waals surface area contributed by atoms with Gasteiger partial charge < -0.3 is 10.6 Å². The van der Waals surface area contributed by atoms with Crippen LogP contribution in [0.25, 0.3) is 10.9 Å². The Morgan fingerprint density at radius 1 is 1.26 bits per heavy atom. The van der Waals surface area contributed by atoms with Crippen molar-refractivity contribution < 1.29 is 4.39 Å². The number of halogens is 3. The van der Waals surface area contributed by atoms with Gasteiger partial charge in [-0.25, -0.2) is 9.37 Å². The van der Waals surface area contributed by atoms with E-state index in [1.807, 2.05) is 18.2 Å². The molecule has 0 aliphatic heterocycles. The van der Waals surface area contributed by atoms with Crippen LogP contribution in [-0.2, 0) is 0 Å². The van der Waals surface area contributed by atoms with Crippen LogP contribution >= 0.6 is 27.5 Å². The molecule has 0 spiro atoms. The number of anilines is 3. The first-order valence-electron chi connectivity index (χ1n) is 9.00. The number of hydrogen-bond donors (Lipinski definition) is 2. The average molecular weight is 450 g/mol. The molecule has 2 aromatic carbocycles. The molecule has 4 nitrogen and oxygen atoms in total. The molecule has 27 heavy (non-hydrogen) atoms. The second-order valence-electron chi connectivity index (χ2n) is 6.78. The maximum absolute atomic E-state index is 13.4. The highest BCUT2D eigenvalue weighted by molar-refractivity contribution is 9.10. The van der Waals surface area contributed by atoms with Crippen LogP contribution in [0, 0.1) is 11.7 Å². The molecule has 1 aliphatic carbocycles. The number of benzene rings is 2. The van der Waals surface area contributed by atoms with E-state index in [-0.39, 0.29) is 5.02 Å². The van der Waals surface area contributed by atoms with Gasteiger partial charge in [-0.2, -0.15) is 4.98 Å². The number of hydrogen-bond acceptors (Lipinski definition) is 4. The van der Waals surface area contributed by atoms with Crippen molar-refractivity contribution in [2.45, 2.75) is 32.2 Å². The van der Waals surface area contributed by atoms with Gasteiger partial charge in [0.15, 0.2) is 0 Å². The van der Waals surface area contributed by atoms with E-state index in [0.29, 0.717) is 23.6 Å². The smallest absolute Gasteiger partial charge is 0.229 e. The van der Waals surface area contributed by atoms with Crippen LogP contribution in [0.5, 0.6) is 0 Å². The minimum absolute atomic E-state index is 0.0556. The van der Waals surface area contributed by atoms with Gasteiger partial charge in [0.25, 0.3) is 0 Å². The number of nitrogens with zero attached hydrogens (tertiary/aromatic N) is 2. The second-order valence-corrected chi connectivity index (χ2v) is 8.04. The van der Waals surface area contributed by atoms with Crippen molar-refractivity contribution in [2.75, 3.05) is 10.6 Å². The van der Waals surface area contributed by atoms with Gasteiger partial charge in [-0.1, -0.05) is 24.6 Å². The highest BCUT2D eigenvalue weighted by atomic mass is 79.9. The highest BCUT2D eigenvalue weighted by Crippen LogP contribution is 2.37. The van der Waals surface area contributed by atoms with Crippen LogP contribution in [0.4, 0.5) is 21.8 Å². The largest absolute Gasteiger partial charge is 0.366 e. The fourth-order valence-electron chi connectivity index (χ4n) is 3.21. The summed E-state index contributed by atoms with van der Waals surface area (Å²) in [6.45, 7) is 2.19. The van der Waals surface area contributed by atoms with Gasteiger partial charge >= 0.3 is 0 Å². The van der Waals surface area contributed by atoms with Crippen LogP contribution < -0.4 is 10.6 Å². The van der Waals surface area contributed by atoms with Crippen molar-refractivity contribution in [2.24, 2.45) is 5.92 Å². The molecule has 1 fully saturated rings. The lowest BCUT2D eigenvalue weighted by Crippen LogP contribution is -2.22. The molecule has 4 rings (SSSR count). The molecular weight excluding hydrogens is 431 g/mol. The van der Waals surface area contributed by atoms with Crippen LogP contribution in [0.2, 0.25) is 5.02 Å². The third kappa shape index (κ3) is 4.01. The van der Waals surface area contributed by atoms with Crippen molar-refractivity contribution in [3.8, 4) is 0 Å². The lowest BCUT2D eigenvalue weighted by molar-refractivity contribution is 0.615. The molecule has 2 N–H and O–H groups in total. The second kappa shape index (κ2) is 7.60. The van der Waals surface area contributed by atoms with Crippen molar-refractivity contribution in [3.05, 3.63) is 51.7 Å². The molecule has 140 valence electrons. The first-order chi connectivity index (χ1) is 13.0. The van der Waals surface area contributed by atoms with Gasteiger partial charge in [0.05, 0.1) is 10.5 Å². The highest BCUT2D eigenvalue weighted by Gasteiger charge is 2.30. The average Bonchev–Trinajstić information content (AvgIpc) is 3.48. The van der Waals surface area contributed by atoms with Crippen LogP contribution in [0.3, 0.4) is 0 Å².